The van der Waals surface area contributed by atoms with Crippen LogP contribution >= 0.6 is 0 Å². The molecular weight excluding hydrogens is 296 g/mol. The summed E-state index contributed by atoms with van der Waals surface area (Å²) in [6.07, 6.45) is -0.517. The second-order valence-corrected chi connectivity index (χ2v) is 6.29. The Balaban J connectivity index is 2.05. The molecule has 0 radical (unpaired) electrons. The summed E-state index contributed by atoms with van der Waals surface area (Å²) in [6, 6.07) is 13.0. The molecule has 2 aromatic carbocycles. The first-order chi connectivity index (χ1) is 11.6. The van der Waals surface area contributed by atoms with Crippen LogP contribution in [0.25, 0.3) is 11.1 Å². The van der Waals surface area contributed by atoms with E-state index in [-0.39, 0.29) is 0 Å². The normalized spacial score (nSPS) is 15.1. The summed E-state index contributed by atoms with van der Waals surface area (Å²) in [7, 11) is 0. The van der Waals surface area contributed by atoms with E-state index in [0.29, 0.717) is 0 Å². The fraction of sp³-hybridized carbons (Fsp3) is 0.429. The predicted octanol–water partition coefficient (Wildman–Crippen LogP) is 4.44. The van der Waals surface area contributed by atoms with Gasteiger partial charge in [-0.3, -0.25) is 0 Å². The van der Waals surface area contributed by atoms with Crippen LogP contribution in [0.1, 0.15) is 44.9 Å². The van der Waals surface area contributed by atoms with Gasteiger partial charge in [0.15, 0.2) is 0 Å². The van der Waals surface area contributed by atoms with Gasteiger partial charge < -0.3 is 14.9 Å². The minimum absolute atomic E-state index is 0.517. The van der Waals surface area contributed by atoms with E-state index < -0.39 is 6.10 Å². The monoisotopic (exact) mass is 324 g/mol. The topological polar surface area (TPSA) is 26.7 Å². The molecule has 0 heterocycles. The summed E-state index contributed by atoms with van der Waals surface area (Å²) < 4.78 is 0. The zero-order valence-electron chi connectivity index (χ0n) is 15.2. The predicted molar refractivity (Wildman–Crippen MR) is 103 cm³/mol. The Bertz CT molecular complexity index is 718. The molecule has 1 aliphatic rings. The molecule has 0 saturated carbocycles. The minimum Gasteiger partial charge on any atom is -0.384 e. The van der Waals surface area contributed by atoms with Gasteiger partial charge in [-0.25, -0.2) is 0 Å². The van der Waals surface area contributed by atoms with E-state index in [4.69, 9.17) is 0 Å². The molecule has 0 saturated heterocycles. The third-order valence-corrected chi connectivity index (χ3v) is 5.21. The average Bonchev–Trinajstić information content (AvgIpc) is 2.89. The number of hydrogen-bond acceptors (Lipinski definition) is 3. The standard InChI is InChI=1S/C21H28N2O/c1-5-22(6-2)15-10-12-18-19(13-15)17-11-9-16(23(7-3)8-4)14-20(17)21(18)24/h9-14,21,24H,5-8H2,1-4H3. The molecule has 1 unspecified atom stereocenters. The van der Waals surface area contributed by atoms with Gasteiger partial charge in [-0.05, 0) is 74.2 Å². The van der Waals surface area contributed by atoms with Crippen LogP contribution in [-0.4, -0.2) is 31.3 Å². The number of anilines is 2. The third kappa shape index (κ3) is 2.67. The highest BCUT2D eigenvalue weighted by molar-refractivity contribution is 5.82. The summed E-state index contributed by atoms with van der Waals surface area (Å²) in [4.78, 5) is 4.66. The third-order valence-electron chi connectivity index (χ3n) is 5.21. The van der Waals surface area contributed by atoms with E-state index >= 15 is 0 Å². The molecule has 1 aliphatic carbocycles. The van der Waals surface area contributed by atoms with Gasteiger partial charge >= 0.3 is 0 Å². The van der Waals surface area contributed by atoms with Crippen molar-refractivity contribution in [1.29, 1.82) is 0 Å². The van der Waals surface area contributed by atoms with Crippen molar-refractivity contribution >= 4 is 11.4 Å². The minimum atomic E-state index is -0.517. The lowest BCUT2D eigenvalue weighted by atomic mass is 10.0. The fourth-order valence-electron chi connectivity index (χ4n) is 3.78. The van der Waals surface area contributed by atoms with Crippen molar-refractivity contribution < 1.29 is 5.11 Å². The van der Waals surface area contributed by atoms with Gasteiger partial charge in [0.05, 0.1) is 0 Å². The molecule has 3 nitrogen and oxygen atoms in total. The van der Waals surface area contributed by atoms with Crippen molar-refractivity contribution in [3.05, 3.63) is 47.5 Å². The van der Waals surface area contributed by atoms with Crippen LogP contribution < -0.4 is 9.80 Å². The van der Waals surface area contributed by atoms with E-state index in [1.54, 1.807) is 0 Å². The lowest BCUT2D eigenvalue weighted by Crippen LogP contribution is -2.21. The van der Waals surface area contributed by atoms with E-state index in [0.717, 1.165) is 37.3 Å². The van der Waals surface area contributed by atoms with Gasteiger partial charge in [-0.1, -0.05) is 12.1 Å². The van der Waals surface area contributed by atoms with Crippen LogP contribution in [0.3, 0.4) is 0 Å². The molecule has 24 heavy (non-hydrogen) atoms. The summed E-state index contributed by atoms with van der Waals surface area (Å²) in [5.74, 6) is 0. The zero-order chi connectivity index (χ0) is 17.3. The highest BCUT2D eigenvalue weighted by Gasteiger charge is 2.28. The molecule has 128 valence electrons. The molecular formula is C21H28N2O. The number of rotatable bonds is 6. The molecule has 0 bridgehead atoms. The first kappa shape index (κ1) is 16.8. The van der Waals surface area contributed by atoms with Crippen LogP contribution in [0, 0.1) is 0 Å². The second-order valence-electron chi connectivity index (χ2n) is 6.29. The van der Waals surface area contributed by atoms with Gasteiger partial charge in [-0.15, -0.1) is 0 Å². The molecule has 0 fully saturated rings. The lowest BCUT2D eigenvalue weighted by molar-refractivity contribution is 0.225. The maximum Gasteiger partial charge on any atom is 0.105 e. The molecule has 0 aromatic heterocycles. The number of fused-ring (bicyclic) bond motifs is 3. The average molecular weight is 324 g/mol. The highest BCUT2D eigenvalue weighted by atomic mass is 16.3. The van der Waals surface area contributed by atoms with E-state index in [9.17, 15) is 5.11 Å². The van der Waals surface area contributed by atoms with Crippen molar-refractivity contribution in [3.8, 4) is 11.1 Å². The smallest absolute Gasteiger partial charge is 0.105 e. The van der Waals surface area contributed by atoms with E-state index in [1.807, 2.05) is 0 Å². The molecule has 0 aliphatic heterocycles. The molecule has 3 heteroatoms. The van der Waals surface area contributed by atoms with Gasteiger partial charge in [0, 0.05) is 37.6 Å². The number of nitrogens with zero attached hydrogens (tertiary/aromatic N) is 2. The Morgan fingerprint density at radius 1 is 0.708 bits per heavy atom. The number of hydrogen-bond donors (Lipinski definition) is 1. The van der Waals surface area contributed by atoms with E-state index in [1.165, 1.54) is 22.5 Å². The summed E-state index contributed by atoms with van der Waals surface area (Å²) in [5, 5.41) is 10.8. The van der Waals surface area contributed by atoms with Crippen molar-refractivity contribution in [2.75, 3.05) is 36.0 Å². The lowest BCUT2D eigenvalue weighted by Gasteiger charge is -2.22. The number of benzene rings is 2. The quantitative estimate of drug-likeness (QED) is 0.851. The molecule has 0 spiro atoms. The molecule has 0 amide bonds. The number of aliphatic hydroxyl groups excluding tert-OH is 1. The molecule has 3 rings (SSSR count). The highest BCUT2D eigenvalue weighted by Crippen LogP contribution is 2.46. The molecule has 1 N–H and O–H groups in total. The SMILES string of the molecule is CCN(CC)c1ccc2c(c1)-c1ccc(N(CC)CC)cc1C2O. The Morgan fingerprint density at radius 3 is 1.83 bits per heavy atom. The first-order valence-corrected chi connectivity index (χ1v) is 9.10. The number of aliphatic hydroxyl groups is 1. The largest absolute Gasteiger partial charge is 0.384 e. The Hall–Kier alpha value is -2.00. The maximum absolute atomic E-state index is 10.8. The zero-order valence-corrected chi connectivity index (χ0v) is 15.2. The van der Waals surface area contributed by atoms with Crippen LogP contribution in [0.4, 0.5) is 11.4 Å². The van der Waals surface area contributed by atoms with Crippen molar-refractivity contribution in [2.24, 2.45) is 0 Å². The summed E-state index contributed by atoms with van der Waals surface area (Å²) in [6.45, 7) is 12.6. The van der Waals surface area contributed by atoms with Crippen LogP contribution in [0.2, 0.25) is 0 Å². The summed E-state index contributed by atoms with van der Waals surface area (Å²) in [5.41, 5.74) is 6.82. The van der Waals surface area contributed by atoms with Crippen molar-refractivity contribution in [2.45, 2.75) is 33.8 Å². The maximum atomic E-state index is 10.8. The molecule has 1 atom stereocenters. The molecule has 2 aromatic rings. The van der Waals surface area contributed by atoms with Gasteiger partial charge in [0.25, 0.3) is 0 Å². The van der Waals surface area contributed by atoms with Crippen LogP contribution in [-0.2, 0) is 0 Å². The van der Waals surface area contributed by atoms with Crippen LogP contribution in [0.5, 0.6) is 0 Å². The van der Waals surface area contributed by atoms with Gasteiger partial charge in [0.2, 0.25) is 0 Å². The van der Waals surface area contributed by atoms with Crippen molar-refractivity contribution in [1.82, 2.24) is 0 Å². The van der Waals surface area contributed by atoms with Gasteiger partial charge in [0.1, 0.15) is 6.10 Å². The Labute approximate surface area is 145 Å². The van der Waals surface area contributed by atoms with Gasteiger partial charge in [-0.2, -0.15) is 0 Å². The van der Waals surface area contributed by atoms with Crippen LogP contribution in [0.15, 0.2) is 36.4 Å². The Morgan fingerprint density at radius 2 is 1.25 bits per heavy atom. The fourth-order valence-corrected chi connectivity index (χ4v) is 3.78. The van der Waals surface area contributed by atoms with Crippen molar-refractivity contribution in [3.63, 3.8) is 0 Å². The first-order valence-electron chi connectivity index (χ1n) is 9.10. The summed E-state index contributed by atoms with van der Waals surface area (Å²) >= 11 is 0. The Kier molecular flexibility index (Phi) is 4.81. The second kappa shape index (κ2) is 6.86. The van der Waals surface area contributed by atoms with E-state index in [2.05, 4.69) is 73.9 Å².